The second kappa shape index (κ2) is 5.97. The topological polar surface area (TPSA) is 20.3 Å². The number of hydrogen-bond donors (Lipinski definition) is 0. The number of hydrogen-bond acceptors (Lipinski definition) is 2. The smallest absolute Gasteiger partial charge is 0.254 e. The molecule has 0 aliphatic carbocycles. The highest BCUT2D eigenvalue weighted by molar-refractivity contribution is 7.09. The van der Waals surface area contributed by atoms with Crippen LogP contribution in [-0.2, 0) is 6.54 Å². The van der Waals surface area contributed by atoms with Crippen molar-refractivity contribution in [2.45, 2.75) is 20.4 Å². The lowest BCUT2D eigenvalue weighted by Crippen LogP contribution is -2.30. The van der Waals surface area contributed by atoms with Crippen LogP contribution in [0.15, 0.2) is 35.7 Å². The van der Waals surface area contributed by atoms with Crippen molar-refractivity contribution in [3.8, 4) is 0 Å². The van der Waals surface area contributed by atoms with Gasteiger partial charge in [-0.05, 0) is 49.1 Å². The quantitative estimate of drug-likeness (QED) is 0.831. The average Bonchev–Trinajstić information content (AvgIpc) is 2.91. The summed E-state index contributed by atoms with van der Waals surface area (Å²) in [6.45, 7) is 4.85. The van der Waals surface area contributed by atoms with Crippen LogP contribution in [0, 0.1) is 12.7 Å². The summed E-state index contributed by atoms with van der Waals surface area (Å²) in [6, 6.07) is 8.48. The number of benzene rings is 1. The molecule has 0 spiro atoms. The van der Waals surface area contributed by atoms with Crippen molar-refractivity contribution in [1.29, 1.82) is 0 Å². The Hall–Kier alpha value is -1.68. The van der Waals surface area contributed by atoms with E-state index in [2.05, 4.69) is 0 Å². The largest absolute Gasteiger partial charge is 0.334 e. The van der Waals surface area contributed by atoms with Gasteiger partial charge in [0.25, 0.3) is 5.91 Å². The molecule has 1 aromatic heterocycles. The number of halogens is 1. The standard InChI is InChI=1S/C15H16FNOS/c1-3-17(10-13-5-4-8-19-13)15(18)12-6-7-14(16)11(2)9-12/h4-9H,3,10H2,1-2H3. The molecule has 0 unspecified atom stereocenters. The first-order valence-corrected chi connectivity index (χ1v) is 7.07. The van der Waals surface area contributed by atoms with Crippen molar-refractivity contribution < 1.29 is 9.18 Å². The van der Waals surface area contributed by atoms with Crippen molar-refractivity contribution >= 4 is 17.2 Å². The van der Waals surface area contributed by atoms with E-state index in [0.717, 1.165) is 4.88 Å². The Morgan fingerprint density at radius 2 is 2.16 bits per heavy atom. The lowest BCUT2D eigenvalue weighted by molar-refractivity contribution is 0.0754. The first-order valence-electron chi connectivity index (χ1n) is 6.19. The number of carbonyl (C=O) groups is 1. The summed E-state index contributed by atoms with van der Waals surface area (Å²) in [6.07, 6.45) is 0. The van der Waals surface area contributed by atoms with Gasteiger partial charge in [-0.3, -0.25) is 4.79 Å². The molecule has 4 heteroatoms. The van der Waals surface area contributed by atoms with Crippen LogP contribution in [0.5, 0.6) is 0 Å². The van der Waals surface area contributed by atoms with Gasteiger partial charge in [0.1, 0.15) is 5.82 Å². The van der Waals surface area contributed by atoms with E-state index in [-0.39, 0.29) is 11.7 Å². The molecule has 2 aromatic rings. The highest BCUT2D eigenvalue weighted by atomic mass is 32.1. The van der Waals surface area contributed by atoms with Gasteiger partial charge < -0.3 is 4.90 Å². The molecular formula is C15H16FNOS. The molecule has 0 saturated carbocycles. The second-order valence-corrected chi connectivity index (χ2v) is 5.39. The number of nitrogens with zero attached hydrogens (tertiary/aromatic N) is 1. The molecule has 0 atom stereocenters. The van der Waals surface area contributed by atoms with E-state index < -0.39 is 0 Å². The van der Waals surface area contributed by atoms with Gasteiger partial charge in [-0.1, -0.05) is 6.07 Å². The van der Waals surface area contributed by atoms with Gasteiger partial charge in [0.05, 0.1) is 6.54 Å². The summed E-state index contributed by atoms with van der Waals surface area (Å²) in [5, 5.41) is 2.00. The molecule has 2 nitrogen and oxygen atoms in total. The Balaban J connectivity index is 2.18. The van der Waals surface area contributed by atoms with Crippen LogP contribution in [-0.4, -0.2) is 17.4 Å². The minimum Gasteiger partial charge on any atom is -0.334 e. The number of thiophene rings is 1. The number of aryl methyl sites for hydroxylation is 1. The molecular weight excluding hydrogens is 261 g/mol. The van der Waals surface area contributed by atoms with Crippen molar-refractivity contribution in [1.82, 2.24) is 4.90 Å². The predicted molar refractivity (Wildman–Crippen MR) is 75.9 cm³/mol. The van der Waals surface area contributed by atoms with Crippen molar-refractivity contribution in [2.75, 3.05) is 6.54 Å². The zero-order valence-electron chi connectivity index (χ0n) is 11.0. The first kappa shape index (κ1) is 13.7. The third kappa shape index (κ3) is 3.20. The number of carbonyl (C=O) groups excluding carboxylic acids is 1. The summed E-state index contributed by atoms with van der Waals surface area (Å²) in [5.41, 5.74) is 1.04. The zero-order valence-corrected chi connectivity index (χ0v) is 11.8. The Morgan fingerprint density at radius 3 is 2.74 bits per heavy atom. The summed E-state index contributed by atoms with van der Waals surface area (Å²) < 4.78 is 13.2. The monoisotopic (exact) mass is 277 g/mol. The average molecular weight is 277 g/mol. The fourth-order valence-corrected chi connectivity index (χ4v) is 2.60. The lowest BCUT2D eigenvalue weighted by Gasteiger charge is -2.20. The highest BCUT2D eigenvalue weighted by Crippen LogP contribution is 2.16. The van der Waals surface area contributed by atoms with Crippen LogP contribution in [0.3, 0.4) is 0 Å². The lowest BCUT2D eigenvalue weighted by atomic mass is 10.1. The van der Waals surface area contributed by atoms with Crippen LogP contribution in [0.2, 0.25) is 0 Å². The fraction of sp³-hybridized carbons (Fsp3) is 0.267. The van der Waals surface area contributed by atoms with Gasteiger partial charge >= 0.3 is 0 Å². The maximum atomic E-state index is 13.2. The van der Waals surface area contributed by atoms with E-state index in [4.69, 9.17) is 0 Å². The first-order chi connectivity index (χ1) is 9.11. The molecule has 0 saturated heterocycles. The van der Waals surface area contributed by atoms with Crippen LogP contribution in [0.25, 0.3) is 0 Å². The molecule has 1 heterocycles. The molecule has 0 bridgehead atoms. The van der Waals surface area contributed by atoms with Gasteiger partial charge in [0, 0.05) is 17.0 Å². The number of rotatable bonds is 4. The van der Waals surface area contributed by atoms with Gasteiger partial charge in [-0.25, -0.2) is 4.39 Å². The van der Waals surface area contributed by atoms with Crippen LogP contribution < -0.4 is 0 Å². The van der Waals surface area contributed by atoms with Crippen molar-refractivity contribution in [2.24, 2.45) is 0 Å². The van der Waals surface area contributed by atoms with E-state index in [9.17, 15) is 9.18 Å². The third-order valence-electron chi connectivity index (χ3n) is 3.00. The summed E-state index contributed by atoms with van der Waals surface area (Å²) in [7, 11) is 0. The SMILES string of the molecule is CCN(Cc1cccs1)C(=O)c1ccc(F)c(C)c1. The highest BCUT2D eigenvalue weighted by Gasteiger charge is 2.15. The van der Waals surface area contributed by atoms with Gasteiger partial charge in [0.15, 0.2) is 0 Å². The molecule has 0 aliphatic rings. The van der Waals surface area contributed by atoms with Crippen LogP contribution in [0.4, 0.5) is 4.39 Å². The van der Waals surface area contributed by atoms with E-state index in [1.807, 2.05) is 24.4 Å². The maximum Gasteiger partial charge on any atom is 0.254 e. The van der Waals surface area contributed by atoms with Gasteiger partial charge in [-0.2, -0.15) is 0 Å². The minimum atomic E-state index is -0.280. The minimum absolute atomic E-state index is 0.0565. The molecule has 0 aliphatic heterocycles. The van der Waals surface area contributed by atoms with Crippen LogP contribution >= 0.6 is 11.3 Å². The third-order valence-corrected chi connectivity index (χ3v) is 3.86. The molecule has 2 rings (SSSR count). The second-order valence-electron chi connectivity index (χ2n) is 4.36. The van der Waals surface area contributed by atoms with E-state index >= 15 is 0 Å². The Bertz CT molecular complexity index is 566. The van der Waals surface area contributed by atoms with E-state index in [0.29, 0.717) is 24.2 Å². The predicted octanol–water partition coefficient (Wildman–Crippen LogP) is 3.86. The van der Waals surface area contributed by atoms with Gasteiger partial charge in [-0.15, -0.1) is 11.3 Å². The summed E-state index contributed by atoms with van der Waals surface area (Å²) >= 11 is 1.63. The Labute approximate surface area is 116 Å². The summed E-state index contributed by atoms with van der Waals surface area (Å²) in [4.78, 5) is 15.3. The normalized spacial score (nSPS) is 10.5. The molecule has 0 radical (unpaired) electrons. The summed E-state index contributed by atoms with van der Waals surface area (Å²) in [5.74, 6) is -0.336. The number of amides is 1. The molecule has 0 fully saturated rings. The Morgan fingerprint density at radius 1 is 1.37 bits per heavy atom. The van der Waals surface area contributed by atoms with Crippen molar-refractivity contribution in [3.05, 3.63) is 57.5 Å². The van der Waals surface area contributed by atoms with Gasteiger partial charge in [0.2, 0.25) is 0 Å². The molecule has 1 aromatic carbocycles. The van der Waals surface area contributed by atoms with E-state index in [1.165, 1.54) is 6.07 Å². The zero-order chi connectivity index (χ0) is 13.8. The molecule has 0 N–H and O–H groups in total. The maximum absolute atomic E-state index is 13.2. The van der Waals surface area contributed by atoms with E-state index in [1.54, 1.807) is 35.3 Å². The van der Waals surface area contributed by atoms with Crippen molar-refractivity contribution in [3.63, 3.8) is 0 Å². The molecule has 1 amide bonds. The Kier molecular flexibility index (Phi) is 4.32. The molecule has 100 valence electrons. The van der Waals surface area contributed by atoms with Crippen LogP contribution in [0.1, 0.15) is 27.7 Å². The fourth-order valence-electron chi connectivity index (χ4n) is 1.88. The molecule has 19 heavy (non-hydrogen) atoms.